The van der Waals surface area contributed by atoms with E-state index in [1.165, 1.54) is 30.3 Å². The van der Waals surface area contributed by atoms with Gasteiger partial charge < -0.3 is 5.32 Å². The number of carbonyl (C=O) groups is 1. The van der Waals surface area contributed by atoms with Gasteiger partial charge in [0.15, 0.2) is 0 Å². The van der Waals surface area contributed by atoms with Gasteiger partial charge in [0.1, 0.15) is 5.70 Å². The van der Waals surface area contributed by atoms with E-state index >= 15 is 0 Å². The normalized spacial score (nSPS) is 16.6. The van der Waals surface area contributed by atoms with Gasteiger partial charge in [-0.2, -0.15) is 39.5 Å². The number of halogens is 9. The van der Waals surface area contributed by atoms with E-state index in [1.54, 1.807) is 0 Å². The average Bonchev–Trinajstić information content (AvgIpc) is 3.13. The second kappa shape index (κ2) is 9.93. The molecular weight excluding hydrogens is 547 g/mol. The van der Waals surface area contributed by atoms with Crippen LogP contribution in [0.3, 0.4) is 0 Å². The Balaban J connectivity index is 1.71. The summed E-state index contributed by atoms with van der Waals surface area (Å²) in [5, 5.41) is 2.69. The van der Waals surface area contributed by atoms with Gasteiger partial charge in [0.05, 0.1) is 17.2 Å². The molecule has 1 unspecified atom stereocenters. The van der Waals surface area contributed by atoms with Crippen LogP contribution < -0.4 is 10.2 Å². The van der Waals surface area contributed by atoms with Gasteiger partial charge in [-0.1, -0.05) is 12.1 Å². The van der Waals surface area contributed by atoms with E-state index in [4.69, 9.17) is 0 Å². The molecule has 200 valence electrons. The Morgan fingerprint density at radius 1 is 0.737 bits per heavy atom. The predicted molar refractivity (Wildman–Crippen MR) is 123 cm³/mol. The largest absolute Gasteiger partial charge is 0.446 e. The minimum atomic E-state index is -4.64. The molecule has 3 aromatic carbocycles. The molecule has 0 radical (unpaired) electrons. The lowest BCUT2D eigenvalue weighted by molar-refractivity contribution is -0.138. The monoisotopic (exact) mass is 562 g/mol. The highest BCUT2D eigenvalue weighted by Gasteiger charge is 2.37. The van der Waals surface area contributed by atoms with Crippen molar-refractivity contribution in [3.05, 3.63) is 101 Å². The van der Waals surface area contributed by atoms with Crippen LogP contribution in [-0.2, 0) is 17.1 Å². The average molecular weight is 562 g/mol. The number of benzene rings is 3. The lowest BCUT2D eigenvalue weighted by Crippen LogP contribution is -2.30. The molecule has 13 heteroatoms. The fraction of sp³-hybridized carbons (Fsp3) is 0.160. The summed E-state index contributed by atoms with van der Waals surface area (Å²) in [5.41, 5.74) is -6.21. The first-order valence-corrected chi connectivity index (χ1v) is 11.5. The third kappa shape index (κ3) is 6.26. The first-order chi connectivity index (χ1) is 17.6. The molecule has 3 nitrogen and oxygen atoms in total. The highest BCUT2D eigenvalue weighted by molar-refractivity contribution is 8.00. The van der Waals surface area contributed by atoms with Crippen molar-refractivity contribution >= 4 is 29.0 Å². The summed E-state index contributed by atoms with van der Waals surface area (Å²) in [5.74, 6) is -0.747. The molecule has 1 aliphatic heterocycles. The van der Waals surface area contributed by atoms with Crippen molar-refractivity contribution in [2.45, 2.75) is 28.8 Å². The lowest BCUT2D eigenvalue weighted by Gasteiger charge is -2.26. The number of carbonyl (C=O) groups excluding carboxylic acids is 1. The number of amides is 1. The maximum atomic E-state index is 13.3. The number of rotatable bonds is 5. The Kier molecular flexibility index (Phi) is 7.17. The van der Waals surface area contributed by atoms with Crippen LogP contribution in [0.1, 0.15) is 22.7 Å². The zero-order valence-electron chi connectivity index (χ0n) is 18.7. The van der Waals surface area contributed by atoms with Gasteiger partial charge in [-0.25, -0.2) is 0 Å². The standard InChI is InChI=1S/C25H15F9N2OS/c26-23(27,28)15-4-8-17(9-5-15)35-20-13-21(14-2-1-3-19(12-14)38-25(32,33)34)36(22(20)37)18-10-6-16(7-11-18)24(29,30)31/h1-13,21,35H. The molecule has 0 saturated heterocycles. The molecule has 1 N–H and O–H groups in total. The smallest absolute Gasteiger partial charge is 0.351 e. The highest BCUT2D eigenvalue weighted by atomic mass is 32.2. The number of hydrogen-bond acceptors (Lipinski definition) is 3. The Hall–Kier alpha value is -3.61. The van der Waals surface area contributed by atoms with Gasteiger partial charge in [-0.15, -0.1) is 0 Å². The third-order valence-electron chi connectivity index (χ3n) is 5.45. The van der Waals surface area contributed by atoms with Crippen molar-refractivity contribution in [2.75, 3.05) is 10.2 Å². The third-order valence-corrected chi connectivity index (χ3v) is 6.17. The van der Waals surface area contributed by atoms with E-state index in [0.29, 0.717) is 0 Å². The van der Waals surface area contributed by atoms with Crippen molar-refractivity contribution in [3.8, 4) is 0 Å². The van der Waals surface area contributed by atoms with E-state index in [1.807, 2.05) is 0 Å². The highest BCUT2D eigenvalue weighted by Crippen LogP contribution is 2.41. The molecular formula is C25H15F9N2OS. The molecule has 0 saturated carbocycles. The summed E-state index contributed by atoms with van der Waals surface area (Å²) >= 11 is -0.374. The van der Waals surface area contributed by atoms with Crippen LogP contribution in [0.25, 0.3) is 0 Å². The number of nitrogens with zero attached hydrogens (tertiary/aromatic N) is 1. The molecule has 1 atom stereocenters. The Morgan fingerprint density at radius 2 is 1.29 bits per heavy atom. The predicted octanol–water partition coefficient (Wildman–Crippen LogP) is 8.42. The van der Waals surface area contributed by atoms with E-state index in [0.717, 1.165) is 53.4 Å². The Labute approximate surface area is 213 Å². The summed E-state index contributed by atoms with van der Waals surface area (Å²) < 4.78 is 116. The van der Waals surface area contributed by atoms with Crippen LogP contribution in [0.5, 0.6) is 0 Å². The quantitative estimate of drug-likeness (QED) is 0.250. The van der Waals surface area contributed by atoms with Gasteiger partial charge in [0.2, 0.25) is 0 Å². The van der Waals surface area contributed by atoms with Crippen molar-refractivity contribution in [1.29, 1.82) is 0 Å². The van der Waals surface area contributed by atoms with E-state index in [9.17, 15) is 44.3 Å². The second-order valence-electron chi connectivity index (χ2n) is 8.07. The van der Waals surface area contributed by atoms with E-state index < -0.39 is 40.9 Å². The summed E-state index contributed by atoms with van der Waals surface area (Å²) in [7, 11) is 0. The summed E-state index contributed by atoms with van der Waals surface area (Å²) in [6.07, 6.45) is -7.87. The van der Waals surface area contributed by atoms with Gasteiger partial charge in [-0.3, -0.25) is 9.69 Å². The van der Waals surface area contributed by atoms with Crippen LogP contribution in [0, 0.1) is 0 Å². The molecule has 4 rings (SSSR count). The van der Waals surface area contributed by atoms with Gasteiger partial charge >= 0.3 is 17.9 Å². The zero-order valence-corrected chi connectivity index (χ0v) is 19.6. The first-order valence-electron chi connectivity index (χ1n) is 10.6. The maximum Gasteiger partial charge on any atom is 0.446 e. The van der Waals surface area contributed by atoms with E-state index in [-0.39, 0.29) is 39.3 Å². The van der Waals surface area contributed by atoms with Crippen LogP contribution in [0.4, 0.5) is 50.9 Å². The number of nitrogens with one attached hydrogen (secondary N) is 1. The zero-order chi connectivity index (χ0) is 27.9. The molecule has 1 aliphatic rings. The molecule has 0 aliphatic carbocycles. The van der Waals surface area contributed by atoms with Crippen LogP contribution in [-0.4, -0.2) is 11.4 Å². The maximum absolute atomic E-state index is 13.3. The fourth-order valence-electron chi connectivity index (χ4n) is 3.78. The molecule has 0 fully saturated rings. The van der Waals surface area contributed by atoms with Gasteiger partial charge in [-0.05, 0) is 84.1 Å². The van der Waals surface area contributed by atoms with E-state index in [2.05, 4.69) is 5.32 Å². The minimum absolute atomic E-state index is 0.0300. The van der Waals surface area contributed by atoms with Gasteiger partial charge in [0, 0.05) is 16.3 Å². The first kappa shape index (κ1) is 27.4. The summed E-state index contributed by atoms with van der Waals surface area (Å²) in [6, 6.07) is 11.6. The Bertz CT molecular complexity index is 1350. The van der Waals surface area contributed by atoms with Crippen LogP contribution >= 0.6 is 11.8 Å². The molecule has 0 spiro atoms. The molecule has 0 bridgehead atoms. The number of alkyl halides is 9. The lowest BCUT2D eigenvalue weighted by atomic mass is 10.1. The SMILES string of the molecule is O=C1C(Nc2ccc(C(F)(F)F)cc2)=CC(c2cccc(SC(F)(F)F)c2)N1c1ccc(C(F)(F)F)cc1. The van der Waals surface area contributed by atoms with Crippen molar-refractivity contribution in [3.63, 3.8) is 0 Å². The van der Waals surface area contributed by atoms with Crippen LogP contribution in [0.2, 0.25) is 0 Å². The second-order valence-corrected chi connectivity index (χ2v) is 9.20. The van der Waals surface area contributed by atoms with Crippen molar-refractivity contribution in [1.82, 2.24) is 0 Å². The Morgan fingerprint density at radius 3 is 1.82 bits per heavy atom. The molecule has 3 aromatic rings. The topological polar surface area (TPSA) is 32.3 Å². The summed E-state index contributed by atoms with van der Waals surface area (Å²) in [6.45, 7) is 0. The number of thioether (sulfide) groups is 1. The minimum Gasteiger partial charge on any atom is -0.351 e. The van der Waals surface area contributed by atoms with Crippen molar-refractivity contribution in [2.24, 2.45) is 0 Å². The van der Waals surface area contributed by atoms with Crippen molar-refractivity contribution < 1.29 is 44.3 Å². The van der Waals surface area contributed by atoms with Crippen LogP contribution in [0.15, 0.2) is 89.5 Å². The molecule has 1 amide bonds. The molecule has 1 heterocycles. The number of anilines is 2. The number of hydrogen-bond donors (Lipinski definition) is 1. The van der Waals surface area contributed by atoms with Gasteiger partial charge in [0.25, 0.3) is 5.91 Å². The fourth-order valence-corrected chi connectivity index (χ4v) is 4.39. The molecule has 0 aromatic heterocycles. The summed E-state index contributed by atoms with van der Waals surface area (Å²) in [4.78, 5) is 14.2. The molecule has 38 heavy (non-hydrogen) atoms.